The van der Waals surface area contributed by atoms with Gasteiger partial charge in [0.2, 0.25) is 0 Å². The Bertz CT molecular complexity index is 973. The molecule has 5 heteroatoms. The van der Waals surface area contributed by atoms with E-state index in [-0.39, 0.29) is 5.91 Å². The molecule has 0 unspecified atom stereocenters. The van der Waals surface area contributed by atoms with Crippen LogP contribution in [0.15, 0.2) is 71.6 Å². The van der Waals surface area contributed by atoms with Crippen molar-refractivity contribution in [3.05, 3.63) is 88.4 Å². The Kier molecular flexibility index (Phi) is 7.62. The summed E-state index contributed by atoms with van der Waals surface area (Å²) in [4.78, 5) is 14.0. The molecule has 3 aromatic carbocycles. The van der Waals surface area contributed by atoms with Crippen molar-refractivity contribution in [3.63, 3.8) is 0 Å². The minimum Gasteiger partial charge on any atom is -0.494 e. The number of ether oxygens (including phenoxy) is 1. The Morgan fingerprint density at radius 1 is 1.00 bits per heavy atom. The van der Waals surface area contributed by atoms with Crippen molar-refractivity contribution in [2.24, 2.45) is 0 Å². The summed E-state index contributed by atoms with van der Waals surface area (Å²) >= 11 is 7.65. The number of nitrogens with one attached hydrogen (secondary N) is 1. The highest BCUT2D eigenvalue weighted by Gasteiger charge is 2.13. The molecule has 0 aliphatic rings. The van der Waals surface area contributed by atoms with Crippen LogP contribution in [0, 0.1) is 0 Å². The first-order chi connectivity index (χ1) is 14.1. The molecule has 1 amide bonds. The number of aryl methyl sites for hydroxylation is 1. The minimum absolute atomic E-state index is 0.119. The van der Waals surface area contributed by atoms with Crippen LogP contribution in [0.4, 0.5) is 5.69 Å². The van der Waals surface area contributed by atoms with Gasteiger partial charge in [0.05, 0.1) is 6.61 Å². The van der Waals surface area contributed by atoms with Gasteiger partial charge in [0.25, 0.3) is 5.91 Å². The van der Waals surface area contributed by atoms with Crippen LogP contribution in [0.1, 0.15) is 35.3 Å². The SMILES string of the molecule is CCOc1ccc(C(=O)Nc2ccccc2CC)cc1CSc1ccc(Cl)cc1. The third-order valence-electron chi connectivity index (χ3n) is 4.48. The van der Waals surface area contributed by atoms with Gasteiger partial charge >= 0.3 is 0 Å². The first-order valence-corrected chi connectivity index (χ1v) is 11.0. The first-order valence-electron chi connectivity index (χ1n) is 9.64. The number of amides is 1. The topological polar surface area (TPSA) is 38.3 Å². The molecule has 0 heterocycles. The number of halogens is 1. The Morgan fingerprint density at radius 2 is 1.76 bits per heavy atom. The summed E-state index contributed by atoms with van der Waals surface area (Å²) < 4.78 is 5.77. The van der Waals surface area contributed by atoms with Crippen LogP contribution in [0.25, 0.3) is 0 Å². The number of benzene rings is 3. The number of carbonyl (C=O) groups excluding carboxylic acids is 1. The molecule has 29 heavy (non-hydrogen) atoms. The lowest BCUT2D eigenvalue weighted by atomic mass is 10.1. The van der Waals surface area contributed by atoms with Crippen LogP contribution in [-0.2, 0) is 12.2 Å². The maximum absolute atomic E-state index is 12.8. The van der Waals surface area contributed by atoms with Crippen molar-refractivity contribution >= 4 is 35.0 Å². The molecule has 0 saturated heterocycles. The lowest BCUT2D eigenvalue weighted by Gasteiger charge is -2.13. The second-order valence-electron chi connectivity index (χ2n) is 6.46. The van der Waals surface area contributed by atoms with E-state index in [4.69, 9.17) is 16.3 Å². The minimum atomic E-state index is -0.119. The molecule has 3 aromatic rings. The van der Waals surface area contributed by atoms with Gasteiger partial charge < -0.3 is 10.1 Å². The van der Waals surface area contributed by atoms with Crippen LogP contribution in [0.3, 0.4) is 0 Å². The Labute approximate surface area is 181 Å². The van der Waals surface area contributed by atoms with E-state index in [0.717, 1.165) is 38.9 Å². The van der Waals surface area contributed by atoms with Crippen molar-refractivity contribution in [2.45, 2.75) is 30.9 Å². The van der Waals surface area contributed by atoms with Crippen molar-refractivity contribution in [1.82, 2.24) is 0 Å². The largest absolute Gasteiger partial charge is 0.494 e. The molecule has 0 spiro atoms. The molecule has 0 aliphatic heterocycles. The van der Waals surface area contributed by atoms with Gasteiger partial charge in [-0.1, -0.05) is 36.7 Å². The summed E-state index contributed by atoms with van der Waals surface area (Å²) in [6, 6.07) is 21.2. The van der Waals surface area contributed by atoms with E-state index in [9.17, 15) is 4.79 Å². The van der Waals surface area contributed by atoms with Gasteiger partial charge in [0.15, 0.2) is 0 Å². The summed E-state index contributed by atoms with van der Waals surface area (Å²) in [6.45, 7) is 4.61. The average Bonchev–Trinajstić information content (AvgIpc) is 2.74. The molecule has 150 valence electrons. The lowest BCUT2D eigenvalue weighted by Crippen LogP contribution is -2.13. The van der Waals surface area contributed by atoms with Gasteiger partial charge in [-0.2, -0.15) is 0 Å². The maximum Gasteiger partial charge on any atom is 0.255 e. The predicted octanol–water partition coefficient (Wildman–Crippen LogP) is 6.85. The standard InChI is InChI=1S/C24H24ClNO2S/c1-3-17-7-5-6-8-22(17)26-24(27)18-9-14-23(28-4-2)19(15-18)16-29-21-12-10-20(25)11-13-21/h5-15H,3-4,16H2,1-2H3,(H,26,27). The van der Waals surface area contributed by atoms with Crippen molar-refractivity contribution < 1.29 is 9.53 Å². The van der Waals surface area contributed by atoms with Gasteiger partial charge in [-0.25, -0.2) is 0 Å². The summed E-state index contributed by atoms with van der Waals surface area (Å²) in [5.74, 6) is 1.38. The van der Waals surface area contributed by atoms with Gasteiger partial charge in [-0.3, -0.25) is 4.79 Å². The zero-order chi connectivity index (χ0) is 20.6. The Hall–Kier alpha value is -2.43. The van der Waals surface area contributed by atoms with Gasteiger partial charge in [-0.15, -0.1) is 11.8 Å². The van der Waals surface area contributed by atoms with Crippen LogP contribution in [0.2, 0.25) is 5.02 Å². The quantitative estimate of drug-likeness (QED) is 0.401. The van der Waals surface area contributed by atoms with Crippen molar-refractivity contribution in [2.75, 3.05) is 11.9 Å². The molecule has 0 atom stereocenters. The third kappa shape index (κ3) is 5.78. The smallest absolute Gasteiger partial charge is 0.255 e. The average molecular weight is 426 g/mol. The molecule has 3 nitrogen and oxygen atoms in total. The molecule has 1 N–H and O–H groups in total. The zero-order valence-electron chi connectivity index (χ0n) is 16.6. The molecule has 0 radical (unpaired) electrons. The molecular formula is C24H24ClNO2S. The van der Waals surface area contributed by atoms with Crippen LogP contribution < -0.4 is 10.1 Å². The Balaban J connectivity index is 1.79. The van der Waals surface area contributed by atoms with Crippen LogP contribution >= 0.6 is 23.4 Å². The van der Waals surface area contributed by atoms with Gasteiger partial charge in [0.1, 0.15) is 5.75 Å². The number of hydrogen-bond acceptors (Lipinski definition) is 3. The molecule has 3 rings (SSSR count). The second kappa shape index (κ2) is 10.4. The number of anilines is 1. The van der Waals surface area contributed by atoms with Gasteiger partial charge in [-0.05, 0) is 67.4 Å². The first kappa shape index (κ1) is 21.3. The van der Waals surface area contributed by atoms with Crippen LogP contribution in [-0.4, -0.2) is 12.5 Å². The second-order valence-corrected chi connectivity index (χ2v) is 7.95. The van der Waals surface area contributed by atoms with E-state index < -0.39 is 0 Å². The highest BCUT2D eigenvalue weighted by molar-refractivity contribution is 7.98. The zero-order valence-corrected chi connectivity index (χ0v) is 18.1. The molecule has 0 saturated carbocycles. The number of hydrogen-bond donors (Lipinski definition) is 1. The van der Waals surface area contributed by atoms with E-state index in [1.54, 1.807) is 11.8 Å². The predicted molar refractivity (Wildman–Crippen MR) is 122 cm³/mol. The molecule has 0 bridgehead atoms. The number of thioether (sulfide) groups is 1. The lowest BCUT2D eigenvalue weighted by molar-refractivity contribution is 0.102. The molecule has 0 fully saturated rings. The summed E-state index contributed by atoms with van der Waals surface area (Å²) in [5.41, 5.74) is 3.57. The van der Waals surface area contributed by atoms with E-state index in [0.29, 0.717) is 17.9 Å². The van der Waals surface area contributed by atoms with E-state index >= 15 is 0 Å². The fraction of sp³-hybridized carbons (Fsp3) is 0.208. The van der Waals surface area contributed by atoms with Gasteiger partial charge in [0, 0.05) is 32.5 Å². The monoisotopic (exact) mass is 425 g/mol. The van der Waals surface area contributed by atoms with E-state index in [2.05, 4.69) is 12.2 Å². The number of rotatable bonds is 8. The van der Waals surface area contributed by atoms with E-state index in [1.165, 1.54) is 0 Å². The highest BCUT2D eigenvalue weighted by Crippen LogP contribution is 2.30. The Morgan fingerprint density at radius 3 is 2.48 bits per heavy atom. The fourth-order valence-electron chi connectivity index (χ4n) is 2.97. The molecular weight excluding hydrogens is 402 g/mol. The summed E-state index contributed by atoms with van der Waals surface area (Å²) in [6.07, 6.45) is 0.864. The van der Waals surface area contributed by atoms with Crippen molar-refractivity contribution in [1.29, 1.82) is 0 Å². The van der Waals surface area contributed by atoms with Crippen LogP contribution in [0.5, 0.6) is 5.75 Å². The molecule has 0 aromatic heterocycles. The van der Waals surface area contributed by atoms with Crippen molar-refractivity contribution in [3.8, 4) is 5.75 Å². The third-order valence-corrected chi connectivity index (χ3v) is 5.79. The summed E-state index contributed by atoms with van der Waals surface area (Å²) in [7, 11) is 0. The van der Waals surface area contributed by atoms with E-state index in [1.807, 2.05) is 73.7 Å². The summed E-state index contributed by atoms with van der Waals surface area (Å²) in [5, 5.41) is 3.75. The normalized spacial score (nSPS) is 10.6. The maximum atomic E-state index is 12.8. The highest BCUT2D eigenvalue weighted by atomic mass is 35.5. The number of carbonyl (C=O) groups is 1. The number of para-hydroxylation sites is 1. The fourth-order valence-corrected chi connectivity index (χ4v) is 3.97. The molecule has 0 aliphatic carbocycles.